The molecule has 1 unspecified atom stereocenters. The molecule has 0 bridgehead atoms. The van der Waals surface area contributed by atoms with E-state index in [1.807, 2.05) is 11.3 Å². The highest BCUT2D eigenvalue weighted by Crippen LogP contribution is 2.36. The van der Waals surface area contributed by atoms with Crippen LogP contribution in [0.5, 0.6) is 0 Å². The third-order valence-corrected chi connectivity index (χ3v) is 7.05. The molecular formula is C20H31N5OS. The lowest BCUT2D eigenvalue weighted by molar-refractivity contribution is 0.0331. The maximum atomic E-state index is 5.49. The van der Waals surface area contributed by atoms with Gasteiger partial charge in [0.25, 0.3) is 0 Å². The van der Waals surface area contributed by atoms with Crippen molar-refractivity contribution >= 4 is 27.4 Å². The van der Waals surface area contributed by atoms with Crippen molar-refractivity contribution in [1.29, 1.82) is 0 Å². The van der Waals surface area contributed by atoms with Crippen molar-refractivity contribution < 1.29 is 4.74 Å². The fourth-order valence-electron chi connectivity index (χ4n) is 4.10. The molecule has 4 rings (SSSR count). The van der Waals surface area contributed by atoms with Crippen LogP contribution in [0.2, 0.25) is 0 Å². The number of thiophene rings is 1. The first-order valence-electron chi connectivity index (χ1n) is 10.0. The van der Waals surface area contributed by atoms with Gasteiger partial charge in [0, 0.05) is 37.1 Å². The number of morpholine rings is 1. The first-order valence-corrected chi connectivity index (χ1v) is 10.8. The van der Waals surface area contributed by atoms with Gasteiger partial charge in [-0.15, -0.1) is 11.3 Å². The van der Waals surface area contributed by atoms with E-state index in [0.717, 1.165) is 62.4 Å². The first-order chi connectivity index (χ1) is 13.0. The quantitative estimate of drug-likeness (QED) is 0.801. The van der Waals surface area contributed by atoms with E-state index in [1.54, 1.807) is 0 Å². The van der Waals surface area contributed by atoms with E-state index in [4.69, 9.17) is 14.7 Å². The average Bonchev–Trinajstić information content (AvgIpc) is 2.96. The van der Waals surface area contributed by atoms with Gasteiger partial charge in [-0.1, -0.05) is 0 Å². The fourth-order valence-corrected chi connectivity index (χ4v) is 5.14. The van der Waals surface area contributed by atoms with Crippen molar-refractivity contribution in [3.8, 4) is 0 Å². The van der Waals surface area contributed by atoms with E-state index in [-0.39, 0.29) is 0 Å². The molecule has 2 aliphatic heterocycles. The van der Waals surface area contributed by atoms with Crippen molar-refractivity contribution in [2.45, 2.75) is 39.3 Å². The Morgan fingerprint density at radius 3 is 2.67 bits per heavy atom. The van der Waals surface area contributed by atoms with Gasteiger partial charge in [0.15, 0.2) is 0 Å². The molecule has 2 fully saturated rings. The Kier molecular flexibility index (Phi) is 5.64. The number of hydrogen-bond acceptors (Lipinski definition) is 7. The summed E-state index contributed by atoms with van der Waals surface area (Å²) in [5.74, 6) is 2.10. The number of piperidine rings is 1. The van der Waals surface area contributed by atoms with Gasteiger partial charge in [0.1, 0.15) is 16.5 Å². The smallest absolute Gasteiger partial charge is 0.146 e. The zero-order valence-electron chi connectivity index (χ0n) is 17.0. The summed E-state index contributed by atoms with van der Waals surface area (Å²) in [7, 11) is 4.38. The molecule has 0 aromatic carbocycles. The Morgan fingerprint density at radius 1 is 1.15 bits per heavy atom. The van der Waals surface area contributed by atoms with Gasteiger partial charge in [-0.25, -0.2) is 9.97 Å². The largest absolute Gasteiger partial charge is 0.379 e. The van der Waals surface area contributed by atoms with Gasteiger partial charge < -0.3 is 14.5 Å². The lowest BCUT2D eigenvalue weighted by Crippen LogP contribution is -2.45. The Morgan fingerprint density at radius 2 is 1.93 bits per heavy atom. The molecule has 2 aromatic rings. The van der Waals surface area contributed by atoms with Gasteiger partial charge in [-0.3, -0.25) is 4.90 Å². The zero-order valence-corrected chi connectivity index (χ0v) is 17.8. The molecule has 0 N–H and O–H groups in total. The average molecular weight is 390 g/mol. The Labute approximate surface area is 166 Å². The molecule has 0 aliphatic carbocycles. The molecule has 0 saturated carbocycles. The number of aryl methyl sites for hydroxylation is 2. The van der Waals surface area contributed by atoms with Gasteiger partial charge in [-0.2, -0.15) is 0 Å². The molecule has 1 atom stereocenters. The molecule has 27 heavy (non-hydrogen) atoms. The van der Waals surface area contributed by atoms with Crippen LogP contribution in [0.3, 0.4) is 0 Å². The Balaban J connectivity index is 1.70. The van der Waals surface area contributed by atoms with Gasteiger partial charge in [-0.05, 0) is 46.3 Å². The molecule has 2 aliphatic rings. The molecule has 2 aromatic heterocycles. The van der Waals surface area contributed by atoms with Crippen LogP contribution >= 0.6 is 11.3 Å². The number of ether oxygens (including phenoxy) is 1. The number of rotatable bonds is 4. The van der Waals surface area contributed by atoms with Crippen LogP contribution in [0, 0.1) is 13.8 Å². The summed E-state index contributed by atoms with van der Waals surface area (Å²) in [5, 5.41) is 1.27. The summed E-state index contributed by atoms with van der Waals surface area (Å²) in [4.78, 5) is 19.8. The number of likely N-dealkylation sites (N-methyl/N-ethyl adjacent to an activating group) is 1. The molecule has 0 spiro atoms. The van der Waals surface area contributed by atoms with Gasteiger partial charge in [0.05, 0.1) is 25.1 Å². The lowest BCUT2D eigenvalue weighted by Gasteiger charge is -2.37. The van der Waals surface area contributed by atoms with Crippen molar-refractivity contribution in [1.82, 2.24) is 19.8 Å². The minimum Gasteiger partial charge on any atom is -0.379 e. The van der Waals surface area contributed by atoms with E-state index in [1.165, 1.54) is 28.7 Å². The molecule has 0 amide bonds. The third kappa shape index (κ3) is 3.97. The van der Waals surface area contributed by atoms with Crippen LogP contribution in [-0.4, -0.2) is 79.3 Å². The standard InChI is InChI=1S/C20H31N5OS/c1-14-15(2)27-20-18(14)19(25-7-5-6-16(12-25)23(3)4)21-17(22-20)13-24-8-10-26-11-9-24/h16H,5-13H2,1-4H3. The Bertz CT molecular complexity index is 799. The minimum absolute atomic E-state index is 0.589. The third-order valence-electron chi connectivity index (χ3n) is 5.95. The van der Waals surface area contributed by atoms with Crippen LogP contribution in [-0.2, 0) is 11.3 Å². The topological polar surface area (TPSA) is 44.7 Å². The van der Waals surface area contributed by atoms with E-state index < -0.39 is 0 Å². The highest BCUT2D eigenvalue weighted by Gasteiger charge is 2.26. The Hall–Kier alpha value is -1.28. The summed E-state index contributed by atoms with van der Waals surface area (Å²) in [5.41, 5.74) is 1.34. The molecular weight excluding hydrogens is 358 g/mol. The van der Waals surface area contributed by atoms with Crippen LogP contribution in [0.4, 0.5) is 5.82 Å². The number of fused-ring (bicyclic) bond motifs is 1. The second-order valence-electron chi connectivity index (χ2n) is 8.02. The minimum atomic E-state index is 0.589. The highest BCUT2D eigenvalue weighted by atomic mass is 32.1. The monoisotopic (exact) mass is 389 g/mol. The van der Waals surface area contributed by atoms with E-state index >= 15 is 0 Å². The van der Waals surface area contributed by atoms with Crippen molar-refractivity contribution in [3.63, 3.8) is 0 Å². The van der Waals surface area contributed by atoms with Crippen LogP contribution in [0.25, 0.3) is 10.2 Å². The van der Waals surface area contributed by atoms with Crippen molar-refractivity contribution in [3.05, 3.63) is 16.3 Å². The number of hydrogen-bond donors (Lipinski definition) is 0. The second-order valence-corrected chi connectivity index (χ2v) is 9.22. The molecule has 148 valence electrons. The summed E-state index contributed by atoms with van der Waals surface area (Å²) >= 11 is 1.81. The molecule has 2 saturated heterocycles. The molecule has 0 radical (unpaired) electrons. The maximum absolute atomic E-state index is 5.49. The number of nitrogens with zero attached hydrogens (tertiary/aromatic N) is 5. The first kappa shape index (κ1) is 19.1. The molecule has 4 heterocycles. The normalized spacial score (nSPS) is 22.1. The van der Waals surface area contributed by atoms with Gasteiger partial charge >= 0.3 is 0 Å². The molecule has 6 nitrogen and oxygen atoms in total. The van der Waals surface area contributed by atoms with Crippen LogP contribution < -0.4 is 4.90 Å². The predicted molar refractivity (Wildman–Crippen MR) is 112 cm³/mol. The zero-order chi connectivity index (χ0) is 19.0. The van der Waals surface area contributed by atoms with Gasteiger partial charge in [0.2, 0.25) is 0 Å². The van der Waals surface area contributed by atoms with Crippen molar-refractivity contribution in [2.24, 2.45) is 0 Å². The van der Waals surface area contributed by atoms with E-state index in [0.29, 0.717) is 6.04 Å². The fraction of sp³-hybridized carbons (Fsp3) is 0.700. The lowest BCUT2D eigenvalue weighted by atomic mass is 10.0. The molecule has 7 heteroatoms. The number of anilines is 1. The summed E-state index contributed by atoms with van der Waals surface area (Å²) in [6.07, 6.45) is 2.48. The second kappa shape index (κ2) is 7.99. The van der Waals surface area contributed by atoms with Crippen molar-refractivity contribution in [2.75, 3.05) is 58.4 Å². The van der Waals surface area contributed by atoms with E-state index in [2.05, 4.69) is 42.6 Å². The highest BCUT2D eigenvalue weighted by molar-refractivity contribution is 7.18. The van der Waals surface area contributed by atoms with E-state index in [9.17, 15) is 0 Å². The van der Waals surface area contributed by atoms with Crippen LogP contribution in [0.1, 0.15) is 29.1 Å². The number of aromatic nitrogens is 2. The summed E-state index contributed by atoms with van der Waals surface area (Å²) in [6.45, 7) is 10.9. The maximum Gasteiger partial charge on any atom is 0.146 e. The summed E-state index contributed by atoms with van der Waals surface area (Å²) < 4.78 is 5.49. The SMILES string of the molecule is Cc1sc2nc(CN3CCOCC3)nc(N3CCCC(N(C)C)C3)c2c1C. The summed E-state index contributed by atoms with van der Waals surface area (Å²) in [6, 6.07) is 0.589. The predicted octanol–water partition coefficient (Wildman–Crippen LogP) is 2.67. The van der Waals surface area contributed by atoms with Crippen LogP contribution in [0.15, 0.2) is 0 Å².